The zero-order valence-corrected chi connectivity index (χ0v) is 13.3. The van der Waals surface area contributed by atoms with Crippen LogP contribution in [0.15, 0.2) is 0 Å². The molecule has 1 saturated heterocycles. The van der Waals surface area contributed by atoms with Crippen LogP contribution in [-0.2, 0) is 14.3 Å². The summed E-state index contributed by atoms with van der Waals surface area (Å²) in [6.45, 7) is 6.91. The molecular weight excluding hydrogens is 268 g/mol. The summed E-state index contributed by atoms with van der Waals surface area (Å²) in [5.41, 5.74) is -0.605. The normalized spacial score (nSPS) is 22.0. The lowest BCUT2D eigenvalue weighted by Gasteiger charge is -2.31. The largest absolute Gasteiger partial charge is 0.381 e. The quantitative estimate of drug-likeness (QED) is 0.759. The zero-order chi connectivity index (χ0) is 15.3. The minimum absolute atomic E-state index is 0.0174. The van der Waals surface area contributed by atoms with E-state index in [-0.39, 0.29) is 11.8 Å². The standard InChI is InChI=1S/C16H28N2O3/c1-13(2)12-21-11-5-9-18-10-6-14(19)17-16(15(18)20)7-3-4-8-16/h13H,3-12H2,1-2H3,(H,17,19). The van der Waals surface area contributed by atoms with Gasteiger partial charge in [0.15, 0.2) is 0 Å². The fourth-order valence-corrected chi connectivity index (χ4v) is 3.23. The van der Waals surface area contributed by atoms with Gasteiger partial charge in [-0.25, -0.2) is 0 Å². The molecule has 0 aromatic carbocycles. The van der Waals surface area contributed by atoms with Crippen molar-refractivity contribution in [3.8, 4) is 0 Å². The first-order valence-electron chi connectivity index (χ1n) is 8.22. The Hall–Kier alpha value is -1.10. The molecule has 5 heteroatoms. The molecule has 0 atom stereocenters. The highest BCUT2D eigenvalue weighted by molar-refractivity contribution is 5.93. The maximum Gasteiger partial charge on any atom is 0.248 e. The summed E-state index contributed by atoms with van der Waals surface area (Å²) in [6, 6.07) is 0. The molecule has 21 heavy (non-hydrogen) atoms. The average molecular weight is 296 g/mol. The number of nitrogens with zero attached hydrogens (tertiary/aromatic N) is 1. The van der Waals surface area contributed by atoms with E-state index < -0.39 is 5.54 Å². The Labute approximate surface area is 127 Å². The van der Waals surface area contributed by atoms with Crippen LogP contribution in [0.1, 0.15) is 52.4 Å². The highest BCUT2D eigenvalue weighted by atomic mass is 16.5. The molecule has 2 rings (SSSR count). The van der Waals surface area contributed by atoms with Crippen molar-refractivity contribution in [3.63, 3.8) is 0 Å². The number of hydrogen-bond donors (Lipinski definition) is 1. The summed E-state index contributed by atoms with van der Waals surface area (Å²) in [4.78, 5) is 26.5. The van der Waals surface area contributed by atoms with E-state index in [9.17, 15) is 9.59 Å². The molecule has 0 unspecified atom stereocenters. The van der Waals surface area contributed by atoms with Crippen molar-refractivity contribution in [2.75, 3.05) is 26.3 Å². The van der Waals surface area contributed by atoms with Crippen molar-refractivity contribution < 1.29 is 14.3 Å². The number of carbonyl (C=O) groups is 2. The number of amides is 2. The van der Waals surface area contributed by atoms with E-state index in [1.54, 1.807) is 0 Å². The summed E-state index contributed by atoms with van der Waals surface area (Å²) in [7, 11) is 0. The number of carbonyl (C=O) groups excluding carboxylic acids is 2. The molecule has 0 bridgehead atoms. The SMILES string of the molecule is CC(C)COCCCN1CCC(=O)NC2(CCCC2)C1=O. The summed E-state index contributed by atoms with van der Waals surface area (Å²) in [6.07, 6.45) is 4.88. The van der Waals surface area contributed by atoms with Crippen LogP contribution in [0, 0.1) is 5.92 Å². The van der Waals surface area contributed by atoms with Crippen LogP contribution in [0.3, 0.4) is 0 Å². The molecule has 1 spiro atoms. The van der Waals surface area contributed by atoms with Gasteiger partial charge in [0.05, 0.1) is 0 Å². The summed E-state index contributed by atoms with van der Waals surface area (Å²) < 4.78 is 5.57. The number of nitrogens with one attached hydrogen (secondary N) is 1. The van der Waals surface area contributed by atoms with Crippen molar-refractivity contribution in [1.29, 1.82) is 0 Å². The predicted molar refractivity (Wildman–Crippen MR) is 80.8 cm³/mol. The van der Waals surface area contributed by atoms with Gasteiger partial charge < -0.3 is 15.0 Å². The molecule has 2 fully saturated rings. The lowest BCUT2D eigenvalue weighted by molar-refractivity contribution is -0.138. The maximum absolute atomic E-state index is 12.8. The first kappa shape index (κ1) is 16.3. The maximum atomic E-state index is 12.8. The summed E-state index contributed by atoms with van der Waals surface area (Å²) >= 11 is 0. The average Bonchev–Trinajstić information content (AvgIpc) is 2.86. The van der Waals surface area contributed by atoms with Crippen molar-refractivity contribution in [2.45, 2.75) is 57.9 Å². The fraction of sp³-hybridized carbons (Fsp3) is 0.875. The highest BCUT2D eigenvalue weighted by Gasteiger charge is 2.46. The summed E-state index contributed by atoms with van der Waals surface area (Å²) in [5.74, 6) is 0.673. The monoisotopic (exact) mass is 296 g/mol. The zero-order valence-electron chi connectivity index (χ0n) is 13.3. The fourth-order valence-electron chi connectivity index (χ4n) is 3.23. The van der Waals surface area contributed by atoms with Gasteiger partial charge in [0, 0.05) is 32.7 Å². The molecule has 1 heterocycles. The third-order valence-electron chi connectivity index (χ3n) is 4.31. The lowest BCUT2D eigenvalue weighted by Crippen LogP contribution is -2.55. The second-order valence-electron chi connectivity index (χ2n) is 6.70. The minimum atomic E-state index is -0.605. The first-order chi connectivity index (χ1) is 10.0. The van der Waals surface area contributed by atoms with Crippen molar-refractivity contribution >= 4 is 11.8 Å². The highest BCUT2D eigenvalue weighted by Crippen LogP contribution is 2.32. The van der Waals surface area contributed by atoms with Gasteiger partial charge in [-0.1, -0.05) is 26.7 Å². The number of ether oxygens (including phenoxy) is 1. The van der Waals surface area contributed by atoms with Crippen LogP contribution in [0.5, 0.6) is 0 Å². The first-order valence-corrected chi connectivity index (χ1v) is 8.22. The van der Waals surface area contributed by atoms with E-state index >= 15 is 0 Å². The van der Waals surface area contributed by atoms with E-state index in [0.717, 1.165) is 38.7 Å². The van der Waals surface area contributed by atoms with E-state index in [1.807, 2.05) is 4.90 Å². The van der Waals surface area contributed by atoms with Gasteiger partial charge in [-0.3, -0.25) is 9.59 Å². The van der Waals surface area contributed by atoms with E-state index in [4.69, 9.17) is 4.74 Å². The van der Waals surface area contributed by atoms with Crippen molar-refractivity contribution in [1.82, 2.24) is 10.2 Å². The number of rotatable bonds is 6. The number of hydrogen-bond acceptors (Lipinski definition) is 3. The Bertz CT molecular complexity index is 376. The Morgan fingerprint density at radius 2 is 2.00 bits per heavy atom. The van der Waals surface area contributed by atoms with Crippen molar-refractivity contribution in [2.24, 2.45) is 5.92 Å². The van der Waals surface area contributed by atoms with Gasteiger partial charge in [-0.05, 0) is 25.2 Å². The smallest absolute Gasteiger partial charge is 0.248 e. The van der Waals surface area contributed by atoms with Crippen LogP contribution >= 0.6 is 0 Å². The Kier molecular flexibility index (Phi) is 5.62. The van der Waals surface area contributed by atoms with Gasteiger partial charge >= 0.3 is 0 Å². The Morgan fingerprint density at radius 1 is 1.29 bits per heavy atom. The molecule has 1 saturated carbocycles. The lowest BCUT2D eigenvalue weighted by atomic mass is 9.96. The predicted octanol–water partition coefficient (Wildman–Crippen LogP) is 1.71. The second kappa shape index (κ2) is 7.25. The van der Waals surface area contributed by atoms with E-state index in [2.05, 4.69) is 19.2 Å². The van der Waals surface area contributed by atoms with Crippen LogP contribution in [0.2, 0.25) is 0 Å². The Balaban J connectivity index is 1.86. The third kappa shape index (κ3) is 4.19. The molecule has 5 nitrogen and oxygen atoms in total. The van der Waals surface area contributed by atoms with Crippen molar-refractivity contribution in [3.05, 3.63) is 0 Å². The molecule has 2 amide bonds. The molecule has 1 N–H and O–H groups in total. The second-order valence-corrected chi connectivity index (χ2v) is 6.70. The summed E-state index contributed by atoms with van der Waals surface area (Å²) in [5, 5.41) is 2.99. The van der Waals surface area contributed by atoms with Gasteiger partial charge in [0.1, 0.15) is 5.54 Å². The minimum Gasteiger partial charge on any atom is -0.381 e. The van der Waals surface area contributed by atoms with Gasteiger partial charge in [-0.2, -0.15) is 0 Å². The molecule has 0 radical (unpaired) electrons. The molecular formula is C16H28N2O3. The van der Waals surface area contributed by atoms with Crippen LogP contribution in [0.25, 0.3) is 0 Å². The topological polar surface area (TPSA) is 58.6 Å². The molecule has 0 aromatic rings. The molecule has 0 aromatic heterocycles. The van der Waals surface area contributed by atoms with Crippen LogP contribution < -0.4 is 5.32 Å². The van der Waals surface area contributed by atoms with E-state index in [1.165, 1.54) is 0 Å². The van der Waals surface area contributed by atoms with Crippen LogP contribution in [-0.4, -0.2) is 48.6 Å². The van der Waals surface area contributed by atoms with Crippen LogP contribution in [0.4, 0.5) is 0 Å². The van der Waals surface area contributed by atoms with E-state index in [0.29, 0.717) is 32.0 Å². The van der Waals surface area contributed by atoms with Gasteiger partial charge in [0.25, 0.3) is 0 Å². The third-order valence-corrected chi connectivity index (χ3v) is 4.31. The van der Waals surface area contributed by atoms with Gasteiger partial charge in [0.2, 0.25) is 11.8 Å². The molecule has 1 aliphatic carbocycles. The van der Waals surface area contributed by atoms with Gasteiger partial charge in [-0.15, -0.1) is 0 Å². The molecule has 1 aliphatic heterocycles. The molecule has 2 aliphatic rings. The molecule has 120 valence electrons. The Morgan fingerprint density at radius 3 is 2.67 bits per heavy atom.